The molecule has 0 radical (unpaired) electrons. The molecule has 0 saturated heterocycles. The summed E-state index contributed by atoms with van der Waals surface area (Å²) >= 11 is 0. The number of halogens is 1. The predicted molar refractivity (Wildman–Crippen MR) is 79.6 cm³/mol. The van der Waals surface area contributed by atoms with Crippen LogP contribution in [0, 0.1) is 5.82 Å². The number of nitrogens with zero attached hydrogens (tertiary/aromatic N) is 3. The van der Waals surface area contributed by atoms with E-state index in [1.54, 1.807) is 30.3 Å². The minimum absolute atomic E-state index is 0.0723. The third-order valence-electron chi connectivity index (χ3n) is 3.36. The molecule has 3 aromatic rings. The van der Waals surface area contributed by atoms with Gasteiger partial charge in [-0.1, -0.05) is 23.4 Å². The second-order valence-corrected chi connectivity index (χ2v) is 4.79. The van der Waals surface area contributed by atoms with Crippen LogP contribution >= 0.6 is 0 Å². The monoisotopic (exact) mass is 313 g/mol. The van der Waals surface area contributed by atoms with Crippen molar-refractivity contribution in [1.29, 1.82) is 0 Å². The summed E-state index contributed by atoms with van der Waals surface area (Å²) in [5.74, 6) is -1.57. The van der Waals surface area contributed by atoms with Gasteiger partial charge >= 0.3 is 5.97 Å². The first-order valence-corrected chi connectivity index (χ1v) is 6.76. The van der Waals surface area contributed by atoms with Gasteiger partial charge in [0, 0.05) is 5.56 Å². The van der Waals surface area contributed by atoms with Gasteiger partial charge in [0.05, 0.1) is 17.9 Å². The van der Waals surface area contributed by atoms with E-state index in [1.165, 1.54) is 22.9 Å². The second kappa shape index (κ2) is 5.98. The van der Waals surface area contributed by atoms with Crippen molar-refractivity contribution in [2.75, 3.05) is 0 Å². The molecule has 3 rings (SSSR count). The van der Waals surface area contributed by atoms with Crippen LogP contribution < -0.4 is 0 Å². The van der Waals surface area contributed by atoms with E-state index in [2.05, 4.69) is 10.3 Å². The first kappa shape index (κ1) is 14.9. The molecule has 2 N–H and O–H groups in total. The first-order valence-electron chi connectivity index (χ1n) is 6.76. The zero-order valence-corrected chi connectivity index (χ0v) is 11.8. The van der Waals surface area contributed by atoms with Crippen molar-refractivity contribution in [3.8, 4) is 16.9 Å². The van der Waals surface area contributed by atoms with Crippen LogP contribution in [0.3, 0.4) is 0 Å². The number of carbonyl (C=O) groups is 1. The lowest BCUT2D eigenvalue weighted by molar-refractivity contribution is 0.0697. The van der Waals surface area contributed by atoms with Crippen LogP contribution in [0.5, 0.6) is 0 Å². The number of carboxylic acid groups (broad SMARTS) is 1. The minimum Gasteiger partial charge on any atom is -0.478 e. The standard InChI is InChI=1S/C16H12FN3O3/c17-13-7-2-1-6-12(13)15-14(9-21)18-19-20(15)11-5-3-4-10(8-11)16(22)23/h1-8,21H,9H2,(H,22,23). The number of hydrogen-bond acceptors (Lipinski definition) is 4. The molecular weight excluding hydrogens is 301 g/mol. The van der Waals surface area contributed by atoms with Crippen molar-refractivity contribution in [2.45, 2.75) is 6.61 Å². The lowest BCUT2D eigenvalue weighted by atomic mass is 10.1. The molecule has 23 heavy (non-hydrogen) atoms. The zero-order valence-electron chi connectivity index (χ0n) is 11.8. The van der Waals surface area contributed by atoms with Gasteiger partial charge in [0.1, 0.15) is 17.2 Å². The summed E-state index contributed by atoms with van der Waals surface area (Å²) in [7, 11) is 0. The van der Waals surface area contributed by atoms with Crippen LogP contribution in [-0.4, -0.2) is 31.2 Å². The lowest BCUT2D eigenvalue weighted by Gasteiger charge is -2.09. The molecule has 0 amide bonds. The van der Waals surface area contributed by atoms with E-state index in [0.717, 1.165) is 0 Å². The van der Waals surface area contributed by atoms with Gasteiger partial charge in [-0.3, -0.25) is 0 Å². The van der Waals surface area contributed by atoms with Crippen LogP contribution in [-0.2, 0) is 6.61 Å². The molecule has 116 valence electrons. The van der Waals surface area contributed by atoms with E-state index in [0.29, 0.717) is 5.69 Å². The Hall–Kier alpha value is -3.06. The van der Waals surface area contributed by atoms with Crippen molar-refractivity contribution >= 4 is 5.97 Å². The van der Waals surface area contributed by atoms with Gasteiger partial charge in [-0.15, -0.1) is 5.10 Å². The zero-order chi connectivity index (χ0) is 16.4. The highest BCUT2D eigenvalue weighted by molar-refractivity contribution is 5.88. The van der Waals surface area contributed by atoms with Crippen LogP contribution in [0.2, 0.25) is 0 Å². The topological polar surface area (TPSA) is 88.2 Å². The fourth-order valence-corrected chi connectivity index (χ4v) is 2.29. The maximum Gasteiger partial charge on any atom is 0.335 e. The number of aliphatic hydroxyl groups excluding tert-OH is 1. The van der Waals surface area contributed by atoms with Crippen LogP contribution in [0.4, 0.5) is 4.39 Å². The molecule has 6 nitrogen and oxygen atoms in total. The first-order chi connectivity index (χ1) is 11.1. The maximum absolute atomic E-state index is 14.1. The smallest absolute Gasteiger partial charge is 0.335 e. The molecule has 0 saturated carbocycles. The highest BCUT2D eigenvalue weighted by atomic mass is 19.1. The van der Waals surface area contributed by atoms with Crippen LogP contribution in [0.15, 0.2) is 48.5 Å². The number of carboxylic acids is 1. The maximum atomic E-state index is 14.1. The molecule has 7 heteroatoms. The Morgan fingerprint density at radius 2 is 1.96 bits per heavy atom. The number of aromatic nitrogens is 3. The molecule has 1 aromatic heterocycles. The summed E-state index contributed by atoms with van der Waals surface area (Å²) in [5, 5.41) is 26.3. The molecule has 0 aliphatic heterocycles. The van der Waals surface area contributed by atoms with E-state index in [1.807, 2.05) is 0 Å². The second-order valence-electron chi connectivity index (χ2n) is 4.79. The van der Waals surface area contributed by atoms with Gasteiger partial charge in [-0.25, -0.2) is 13.9 Å². The van der Waals surface area contributed by atoms with Crippen molar-refractivity contribution in [2.24, 2.45) is 0 Å². The van der Waals surface area contributed by atoms with E-state index >= 15 is 0 Å². The van der Waals surface area contributed by atoms with Crippen LogP contribution in [0.25, 0.3) is 16.9 Å². The molecular formula is C16H12FN3O3. The van der Waals surface area contributed by atoms with Gasteiger partial charge in [-0.2, -0.15) is 0 Å². The van der Waals surface area contributed by atoms with Crippen LogP contribution in [0.1, 0.15) is 16.1 Å². The average Bonchev–Trinajstić information content (AvgIpc) is 2.99. The Morgan fingerprint density at radius 3 is 2.65 bits per heavy atom. The number of hydrogen-bond donors (Lipinski definition) is 2. The van der Waals surface area contributed by atoms with E-state index in [9.17, 15) is 14.3 Å². The number of aliphatic hydroxyl groups is 1. The van der Waals surface area contributed by atoms with Crippen molar-refractivity contribution < 1.29 is 19.4 Å². The molecule has 0 spiro atoms. The Morgan fingerprint density at radius 1 is 1.17 bits per heavy atom. The summed E-state index contributed by atoms with van der Waals surface area (Å²) in [6.45, 7) is -0.414. The largest absolute Gasteiger partial charge is 0.478 e. The lowest BCUT2D eigenvalue weighted by Crippen LogP contribution is -2.04. The Balaban J connectivity index is 2.22. The Bertz CT molecular complexity index is 877. The average molecular weight is 313 g/mol. The molecule has 1 heterocycles. The van der Waals surface area contributed by atoms with E-state index < -0.39 is 18.4 Å². The summed E-state index contributed by atoms with van der Waals surface area (Å²) < 4.78 is 15.4. The molecule has 0 fully saturated rings. The highest BCUT2D eigenvalue weighted by Crippen LogP contribution is 2.27. The third kappa shape index (κ3) is 2.69. The van der Waals surface area contributed by atoms with Gasteiger partial charge in [0.25, 0.3) is 0 Å². The van der Waals surface area contributed by atoms with Crippen molar-refractivity contribution in [3.63, 3.8) is 0 Å². The summed E-state index contributed by atoms with van der Waals surface area (Å²) in [5.41, 5.74) is 1.20. The fourth-order valence-electron chi connectivity index (χ4n) is 2.29. The Kier molecular flexibility index (Phi) is 3.86. The molecule has 0 aliphatic rings. The molecule has 0 unspecified atom stereocenters. The van der Waals surface area contributed by atoms with Gasteiger partial charge in [0.2, 0.25) is 0 Å². The number of rotatable bonds is 4. The quantitative estimate of drug-likeness (QED) is 0.771. The number of benzene rings is 2. The molecule has 0 aliphatic carbocycles. The molecule has 0 bridgehead atoms. The molecule has 2 aromatic carbocycles. The molecule has 0 atom stereocenters. The third-order valence-corrected chi connectivity index (χ3v) is 3.36. The van der Waals surface area contributed by atoms with Gasteiger partial charge < -0.3 is 10.2 Å². The van der Waals surface area contributed by atoms with Crippen molar-refractivity contribution in [1.82, 2.24) is 15.0 Å². The van der Waals surface area contributed by atoms with Gasteiger partial charge in [-0.05, 0) is 30.3 Å². The summed E-state index contributed by atoms with van der Waals surface area (Å²) in [6.07, 6.45) is 0. The summed E-state index contributed by atoms with van der Waals surface area (Å²) in [4.78, 5) is 11.1. The van der Waals surface area contributed by atoms with E-state index in [-0.39, 0.29) is 22.5 Å². The van der Waals surface area contributed by atoms with Crippen molar-refractivity contribution in [3.05, 3.63) is 65.6 Å². The highest BCUT2D eigenvalue weighted by Gasteiger charge is 2.19. The number of aromatic carboxylic acids is 1. The minimum atomic E-state index is -1.08. The Labute approximate surface area is 130 Å². The van der Waals surface area contributed by atoms with E-state index in [4.69, 9.17) is 5.11 Å². The fraction of sp³-hybridized carbons (Fsp3) is 0.0625. The normalized spacial score (nSPS) is 10.7. The SMILES string of the molecule is O=C(O)c1cccc(-n2nnc(CO)c2-c2ccccc2F)c1. The predicted octanol–water partition coefficient (Wildman–Crippen LogP) is 2.26. The summed E-state index contributed by atoms with van der Waals surface area (Å²) in [6, 6.07) is 12.1. The van der Waals surface area contributed by atoms with Gasteiger partial charge in [0.15, 0.2) is 0 Å².